The first-order valence-corrected chi connectivity index (χ1v) is 9.44. The van der Waals surface area contributed by atoms with Gasteiger partial charge in [-0.15, -0.1) is 10.2 Å². The van der Waals surface area contributed by atoms with Crippen molar-refractivity contribution in [3.8, 4) is 0 Å². The van der Waals surface area contributed by atoms with Crippen molar-refractivity contribution in [1.29, 1.82) is 0 Å². The van der Waals surface area contributed by atoms with Gasteiger partial charge in [0.2, 0.25) is 5.91 Å². The van der Waals surface area contributed by atoms with Gasteiger partial charge in [-0.1, -0.05) is 24.2 Å². The summed E-state index contributed by atoms with van der Waals surface area (Å²) >= 11 is 1.46. The van der Waals surface area contributed by atoms with Gasteiger partial charge in [0.15, 0.2) is 0 Å². The van der Waals surface area contributed by atoms with Crippen LogP contribution in [0.1, 0.15) is 35.7 Å². The van der Waals surface area contributed by atoms with Gasteiger partial charge in [0, 0.05) is 19.3 Å². The molecule has 3 amide bonds. The summed E-state index contributed by atoms with van der Waals surface area (Å²) in [5, 5.41) is 19.5. The number of rotatable bonds is 6. The van der Waals surface area contributed by atoms with E-state index in [1.165, 1.54) is 40.0 Å². The number of carbonyl (C=O) groups is 2. The van der Waals surface area contributed by atoms with Crippen molar-refractivity contribution in [3.63, 3.8) is 0 Å². The van der Waals surface area contributed by atoms with Gasteiger partial charge in [-0.3, -0.25) is 9.48 Å². The predicted octanol–water partition coefficient (Wildman–Crippen LogP) is 1.77. The molecule has 3 rings (SSSR count). The topological polar surface area (TPSA) is 105 Å². The van der Waals surface area contributed by atoms with Crippen LogP contribution in [-0.2, 0) is 17.9 Å². The summed E-state index contributed by atoms with van der Waals surface area (Å²) in [7, 11) is 1.69. The summed E-state index contributed by atoms with van der Waals surface area (Å²) < 4.78 is 1.52. The summed E-state index contributed by atoms with van der Waals surface area (Å²) in [5.41, 5.74) is 0.545. The van der Waals surface area contributed by atoms with Crippen molar-refractivity contribution in [3.05, 3.63) is 22.4 Å². The third-order valence-corrected chi connectivity index (χ3v) is 5.02. The van der Waals surface area contributed by atoms with Gasteiger partial charge in [-0.25, -0.2) is 4.79 Å². The van der Waals surface area contributed by atoms with E-state index >= 15 is 0 Å². The highest BCUT2D eigenvalue weighted by Gasteiger charge is 2.18. The Labute approximate surface area is 155 Å². The van der Waals surface area contributed by atoms with E-state index in [0.29, 0.717) is 12.2 Å². The first-order valence-electron chi connectivity index (χ1n) is 8.62. The molecule has 2 N–H and O–H groups in total. The van der Waals surface area contributed by atoms with Crippen molar-refractivity contribution in [2.75, 3.05) is 12.4 Å². The van der Waals surface area contributed by atoms with Gasteiger partial charge in [0.05, 0.1) is 18.4 Å². The van der Waals surface area contributed by atoms with Crippen LogP contribution in [0.2, 0.25) is 0 Å². The van der Waals surface area contributed by atoms with Crippen molar-refractivity contribution in [2.24, 2.45) is 0 Å². The van der Waals surface area contributed by atoms with Crippen LogP contribution in [0, 0.1) is 6.92 Å². The molecule has 9 nitrogen and oxygen atoms in total. The number of amides is 3. The molecule has 2 aromatic rings. The second kappa shape index (κ2) is 8.26. The molecule has 0 radical (unpaired) electrons. The Balaban J connectivity index is 1.47. The minimum Gasteiger partial charge on any atom is -0.352 e. The van der Waals surface area contributed by atoms with Crippen LogP contribution in [0.15, 0.2) is 12.4 Å². The lowest BCUT2D eigenvalue weighted by Gasteiger charge is -2.15. The molecule has 1 fully saturated rings. The number of hydrogen-bond donors (Lipinski definition) is 2. The standard InChI is InChI=1S/C16H23N7O2S/c1-11-20-21-15(26-11)10-22(2)16(25)19-13-7-17-23(8-13)9-14(24)18-12-5-3-4-6-12/h7-8,12H,3-6,9-10H2,1-2H3,(H,18,24)(H,19,25). The fourth-order valence-electron chi connectivity index (χ4n) is 2.90. The SMILES string of the molecule is Cc1nnc(CN(C)C(=O)Nc2cnn(CC(=O)NC3CCCC3)c2)s1. The summed E-state index contributed by atoms with van der Waals surface area (Å²) in [6, 6.07) is 0.0164. The van der Waals surface area contributed by atoms with E-state index in [0.717, 1.165) is 22.9 Å². The zero-order valence-corrected chi connectivity index (χ0v) is 15.8. The molecule has 2 aromatic heterocycles. The highest BCUT2D eigenvalue weighted by molar-refractivity contribution is 7.11. The Kier molecular flexibility index (Phi) is 5.82. The molecule has 0 spiro atoms. The summed E-state index contributed by atoms with van der Waals surface area (Å²) in [5.74, 6) is -0.0540. The van der Waals surface area contributed by atoms with Gasteiger partial charge in [-0.05, 0) is 19.8 Å². The lowest BCUT2D eigenvalue weighted by molar-refractivity contribution is -0.122. The molecule has 1 aliphatic rings. The van der Waals surface area contributed by atoms with E-state index in [1.807, 2.05) is 6.92 Å². The number of anilines is 1. The fourth-order valence-corrected chi connectivity index (χ4v) is 3.66. The maximum Gasteiger partial charge on any atom is 0.322 e. The Morgan fingerprint density at radius 3 is 2.81 bits per heavy atom. The predicted molar refractivity (Wildman–Crippen MR) is 97.8 cm³/mol. The Morgan fingerprint density at radius 1 is 1.35 bits per heavy atom. The van der Waals surface area contributed by atoms with Gasteiger partial charge in [-0.2, -0.15) is 5.10 Å². The second-order valence-corrected chi connectivity index (χ2v) is 7.74. The third-order valence-electron chi connectivity index (χ3n) is 4.20. The van der Waals surface area contributed by atoms with Crippen LogP contribution in [0.4, 0.5) is 10.5 Å². The molecule has 26 heavy (non-hydrogen) atoms. The lowest BCUT2D eigenvalue weighted by atomic mass is 10.2. The number of urea groups is 1. The van der Waals surface area contributed by atoms with E-state index < -0.39 is 0 Å². The molecular formula is C16H23N7O2S. The van der Waals surface area contributed by atoms with Gasteiger partial charge >= 0.3 is 6.03 Å². The molecular weight excluding hydrogens is 354 g/mol. The van der Waals surface area contributed by atoms with Crippen LogP contribution in [0.25, 0.3) is 0 Å². The summed E-state index contributed by atoms with van der Waals surface area (Å²) in [6.07, 6.45) is 7.62. The van der Waals surface area contributed by atoms with E-state index in [4.69, 9.17) is 0 Å². The molecule has 0 unspecified atom stereocenters. The molecule has 2 heterocycles. The molecule has 0 bridgehead atoms. The normalized spacial score (nSPS) is 14.4. The minimum absolute atomic E-state index is 0.0540. The van der Waals surface area contributed by atoms with Crippen molar-refractivity contribution >= 4 is 29.0 Å². The lowest BCUT2D eigenvalue weighted by Crippen LogP contribution is -2.35. The average Bonchev–Trinajstić information content (AvgIpc) is 3.31. The monoisotopic (exact) mass is 377 g/mol. The molecule has 0 aliphatic heterocycles. The van der Waals surface area contributed by atoms with Crippen LogP contribution in [-0.4, -0.2) is 49.9 Å². The number of aromatic nitrogens is 4. The number of nitrogens with zero attached hydrogens (tertiary/aromatic N) is 5. The fraction of sp³-hybridized carbons (Fsp3) is 0.562. The third kappa shape index (κ3) is 5.01. The van der Waals surface area contributed by atoms with Crippen LogP contribution in [0.3, 0.4) is 0 Å². The van der Waals surface area contributed by atoms with Crippen molar-refractivity contribution < 1.29 is 9.59 Å². The van der Waals surface area contributed by atoms with Crippen molar-refractivity contribution in [1.82, 2.24) is 30.2 Å². The second-order valence-electron chi connectivity index (χ2n) is 6.48. The number of aryl methyl sites for hydroxylation is 1. The van der Waals surface area contributed by atoms with E-state index in [2.05, 4.69) is 25.9 Å². The van der Waals surface area contributed by atoms with E-state index in [1.54, 1.807) is 13.2 Å². The Bertz CT molecular complexity index is 766. The molecule has 0 aromatic carbocycles. The van der Waals surface area contributed by atoms with Gasteiger partial charge in [0.25, 0.3) is 0 Å². The minimum atomic E-state index is -0.271. The van der Waals surface area contributed by atoms with Crippen LogP contribution < -0.4 is 10.6 Å². The Morgan fingerprint density at radius 2 is 2.12 bits per heavy atom. The van der Waals surface area contributed by atoms with Crippen molar-refractivity contribution in [2.45, 2.75) is 51.7 Å². The van der Waals surface area contributed by atoms with Crippen LogP contribution >= 0.6 is 11.3 Å². The molecule has 10 heteroatoms. The van der Waals surface area contributed by atoms with Gasteiger partial charge < -0.3 is 15.5 Å². The number of hydrogen-bond acceptors (Lipinski definition) is 6. The first-order chi connectivity index (χ1) is 12.5. The molecule has 0 saturated heterocycles. The molecule has 0 atom stereocenters. The highest BCUT2D eigenvalue weighted by Crippen LogP contribution is 2.17. The highest BCUT2D eigenvalue weighted by atomic mass is 32.1. The van der Waals surface area contributed by atoms with E-state index in [9.17, 15) is 9.59 Å². The number of carbonyl (C=O) groups excluding carboxylic acids is 2. The summed E-state index contributed by atoms with van der Waals surface area (Å²) in [4.78, 5) is 25.8. The maximum atomic E-state index is 12.2. The summed E-state index contributed by atoms with van der Waals surface area (Å²) in [6.45, 7) is 2.40. The van der Waals surface area contributed by atoms with E-state index in [-0.39, 0.29) is 24.5 Å². The van der Waals surface area contributed by atoms with Gasteiger partial charge in [0.1, 0.15) is 16.6 Å². The molecule has 1 saturated carbocycles. The van der Waals surface area contributed by atoms with Crippen LogP contribution in [0.5, 0.6) is 0 Å². The zero-order valence-electron chi connectivity index (χ0n) is 14.9. The average molecular weight is 377 g/mol. The zero-order chi connectivity index (χ0) is 18.5. The molecule has 1 aliphatic carbocycles. The molecule has 140 valence electrons. The number of nitrogens with one attached hydrogen (secondary N) is 2. The quantitative estimate of drug-likeness (QED) is 0.798. The largest absolute Gasteiger partial charge is 0.352 e. The smallest absolute Gasteiger partial charge is 0.322 e. The first kappa shape index (κ1) is 18.3. The maximum absolute atomic E-state index is 12.2. The Hall–Kier alpha value is -2.49.